The molecular weight excluding hydrogens is 358 g/mol. The van der Waals surface area contributed by atoms with Gasteiger partial charge in [-0.25, -0.2) is 5.43 Å². The zero-order chi connectivity index (χ0) is 19.5. The maximum atomic E-state index is 12.2. The molecule has 28 heavy (non-hydrogen) atoms. The van der Waals surface area contributed by atoms with Gasteiger partial charge >= 0.3 is 0 Å². The molecule has 0 fully saturated rings. The maximum Gasteiger partial charge on any atom is 0.226 e. The van der Waals surface area contributed by atoms with E-state index in [4.69, 9.17) is 13.9 Å². The fourth-order valence-electron chi connectivity index (χ4n) is 3.41. The van der Waals surface area contributed by atoms with Crippen molar-refractivity contribution in [2.75, 3.05) is 13.2 Å². The number of fused-ring (bicyclic) bond motifs is 1. The van der Waals surface area contributed by atoms with Crippen LogP contribution in [0, 0.1) is 6.92 Å². The van der Waals surface area contributed by atoms with E-state index in [0.717, 1.165) is 23.0 Å². The lowest BCUT2D eigenvalue weighted by Gasteiger charge is -2.26. The minimum Gasteiger partial charge on any atom is -0.462 e. The largest absolute Gasteiger partial charge is 0.462 e. The van der Waals surface area contributed by atoms with E-state index < -0.39 is 0 Å². The Balaban J connectivity index is 1.28. The number of rotatable bonds is 5. The summed E-state index contributed by atoms with van der Waals surface area (Å²) in [6, 6.07) is 10.0. The van der Waals surface area contributed by atoms with Crippen LogP contribution >= 0.6 is 0 Å². The van der Waals surface area contributed by atoms with E-state index in [9.17, 15) is 4.79 Å². The van der Waals surface area contributed by atoms with Gasteiger partial charge in [0.15, 0.2) is 0 Å². The van der Waals surface area contributed by atoms with Crippen molar-refractivity contribution in [1.82, 2.24) is 10.7 Å². The second-order valence-electron chi connectivity index (χ2n) is 6.85. The van der Waals surface area contributed by atoms with Gasteiger partial charge in [-0.05, 0) is 30.5 Å². The first-order valence-corrected chi connectivity index (χ1v) is 9.36. The first-order chi connectivity index (χ1) is 13.6. The molecule has 0 bridgehead atoms. The number of hydrogen-bond donors (Lipinski definition) is 2. The average Bonchev–Trinajstić information content (AvgIpc) is 3.30. The predicted molar refractivity (Wildman–Crippen MR) is 104 cm³/mol. The molecule has 0 aliphatic carbocycles. The molecule has 146 valence electrons. The summed E-state index contributed by atoms with van der Waals surface area (Å²) < 4.78 is 16.9. The van der Waals surface area contributed by atoms with E-state index in [1.165, 1.54) is 5.56 Å². The number of benzene rings is 1. The average molecular weight is 381 g/mol. The Morgan fingerprint density at radius 2 is 2.25 bits per heavy atom. The molecule has 1 aromatic carbocycles. The van der Waals surface area contributed by atoms with Crippen LogP contribution in [0.4, 0.5) is 0 Å². The number of hydrogen-bond acceptors (Lipinski definition) is 6. The molecule has 1 atom stereocenters. The fraction of sp³-hybridized carbons (Fsp3) is 0.333. The van der Waals surface area contributed by atoms with Gasteiger partial charge in [-0.3, -0.25) is 4.79 Å². The van der Waals surface area contributed by atoms with Crippen LogP contribution < -0.4 is 21.4 Å². The van der Waals surface area contributed by atoms with Crippen LogP contribution in [-0.4, -0.2) is 25.0 Å². The molecule has 2 N–H and O–H groups in total. The topological polar surface area (TPSA) is 85.1 Å². The van der Waals surface area contributed by atoms with Crippen LogP contribution in [0.3, 0.4) is 0 Å². The van der Waals surface area contributed by atoms with E-state index in [1.54, 1.807) is 0 Å². The number of aryl methyl sites for hydroxylation is 1. The van der Waals surface area contributed by atoms with Crippen LogP contribution in [-0.2, 0) is 20.7 Å². The number of amides is 1. The van der Waals surface area contributed by atoms with Gasteiger partial charge in [-0.15, -0.1) is 5.10 Å². The number of nitrogens with zero attached hydrogens (tertiary/aromatic N) is 1. The third-order valence-corrected chi connectivity index (χ3v) is 4.82. The molecule has 2 aromatic rings. The molecule has 0 spiro atoms. The molecule has 0 saturated heterocycles. The molecule has 1 aromatic heterocycles. The summed E-state index contributed by atoms with van der Waals surface area (Å²) in [5.74, 6) is 1.62. The minimum absolute atomic E-state index is 0.0663. The molecule has 1 amide bonds. The van der Waals surface area contributed by atoms with Crippen LogP contribution in [0.1, 0.15) is 35.8 Å². The second-order valence-corrected chi connectivity index (χ2v) is 6.85. The van der Waals surface area contributed by atoms with E-state index in [2.05, 4.69) is 34.6 Å². The zero-order valence-corrected chi connectivity index (χ0v) is 15.8. The van der Waals surface area contributed by atoms with E-state index >= 15 is 0 Å². The SMILES string of the molecule is C=c1oc(C)cc1=C1NN=C(CCC(=O)NCC2OCCc3ccccc32)O1. The quantitative estimate of drug-likeness (QED) is 0.813. The van der Waals surface area contributed by atoms with Gasteiger partial charge < -0.3 is 19.2 Å². The first kappa shape index (κ1) is 18.3. The third-order valence-electron chi connectivity index (χ3n) is 4.82. The minimum atomic E-state index is -0.102. The molecule has 1 unspecified atom stereocenters. The Kier molecular flexibility index (Phi) is 5.16. The highest BCUT2D eigenvalue weighted by Crippen LogP contribution is 2.26. The van der Waals surface area contributed by atoms with Crippen molar-refractivity contribution in [2.45, 2.75) is 32.3 Å². The van der Waals surface area contributed by atoms with Crippen molar-refractivity contribution in [3.63, 3.8) is 0 Å². The van der Waals surface area contributed by atoms with Crippen LogP contribution in [0.2, 0.25) is 0 Å². The number of furan rings is 1. The predicted octanol–water partition coefficient (Wildman–Crippen LogP) is 1.21. The number of carbonyl (C=O) groups excluding carboxylic acids is 1. The van der Waals surface area contributed by atoms with Crippen molar-refractivity contribution < 1.29 is 18.7 Å². The lowest BCUT2D eigenvalue weighted by Crippen LogP contribution is -2.32. The number of hydrazone groups is 1. The normalized spacial score (nSPS) is 20.0. The molecule has 2 aliphatic heterocycles. The van der Waals surface area contributed by atoms with Gasteiger partial charge in [0.05, 0.1) is 11.8 Å². The van der Waals surface area contributed by atoms with Gasteiger partial charge in [0, 0.05) is 19.4 Å². The summed E-state index contributed by atoms with van der Waals surface area (Å²) >= 11 is 0. The molecular formula is C21H23N3O4. The highest BCUT2D eigenvalue weighted by atomic mass is 16.5. The lowest BCUT2D eigenvalue weighted by molar-refractivity contribution is -0.121. The lowest BCUT2D eigenvalue weighted by atomic mass is 9.97. The summed E-state index contributed by atoms with van der Waals surface area (Å²) in [6.45, 7) is 6.81. The fourth-order valence-corrected chi connectivity index (χ4v) is 3.41. The van der Waals surface area contributed by atoms with Crippen LogP contribution in [0.15, 0.2) is 39.9 Å². The summed E-state index contributed by atoms with van der Waals surface area (Å²) in [4.78, 5) is 12.2. The maximum absolute atomic E-state index is 12.2. The Labute approximate surface area is 162 Å². The molecule has 7 nitrogen and oxygen atoms in total. The molecule has 4 rings (SSSR count). The number of nitrogens with one attached hydrogen (secondary N) is 2. The Morgan fingerprint density at radius 3 is 3.07 bits per heavy atom. The molecule has 0 radical (unpaired) electrons. The first-order valence-electron chi connectivity index (χ1n) is 9.36. The van der Waals surface area contributed by atoms with Crippen molar-refractivity contribution in [2.24, 2.45) is 5.10 Å². The zero-order valence-electron chi connectivity index (χ0n) is 15.8. The van der Waals surface area contributed by atoms with Crippen molar-refractivity contribution in [1.29, 1.82) is 0 Å². The van der Waals surface area contributed by atoms with Gasteiger partial charge in [0.1, 0.15) is 17.3 Å². The van der Waals surface area contributed by atoms with E-state index in [-0.39, 0.29) is 18.4 Å². The van der Waals surface area contributed by atoms with Crippen molar-refractivity contribution >= 4 is 24.3 Å². The molecule has 0 saturated carbocycles. The summed E-state index contributed by atoms with van der Waals surface area (Å²) in [5.41, 5.74) is 5.78. The van der Waals surface area contributed by atoms with Crippen LogP contribution in [0.5, 0.6) is 0 Å². The summed E-state index contributed by atoms with van der Waals surface area (Å²) in [5, 5.41) is 7.81. The van der Waals surface area contributed by atoms with Crippen molar-refractivity contribution in [3.05, 3.63) is 57.9 Å². The highest BCUT2D eigenvalue weighted by Gasteiger charge is 2.21. The third kappa shape index (κ3) is 3.94. The number of ether oxygens (including phenoxy) is 2. The molecule has 2 aliphatic rings. The Bertz CT molecular complexity index is 1020. The second kappa shape index (κ2) is 7.90. The monoisotopic (exact) mass is 381 g/mol. The highest BCUT2D eigenvalue weighted by molar-refractivity contribution is 5.87. The summed E-state index contributed by atoms with van der Waals surface area (Å²) in [7, 11) is 0. The smallest absolute Gasteiger partial charge is 0.226 e. The van der Waals surface area contributed by atoms with Crippen molar-refractivity contribution in [3.8, 4) is 0 Å². The Hall–Kier alpha value is -3.06. The van der Waals surface area contributed by atoms with Crippen LogP contribution in [0.25, 0.3) is 12.5 Å². The van der Waals surface area contributed by atoms with Gasteiger partial charge in [-0.1, -0.05) is 30.8 Å². The van der Waals surface area contributed by atoms with E-state index in [1.807, 2.05) is 25.1 Å². The van der Waals surface area contributed by atoms with E-state index in [0.29, 0.717) is 36.8 Å². The molecule has 3 heterocycles. The molecule has 7 heteroatoms. The van der Waals surface area contributed by atoms with Gasteiger partial charge in [-0.2, -0.15) is 0 Å². The number of carbonyl (C=O) groups is 1. The Morgan fingerprint density at radius 1 is 1.39 bits per heavy atom. The standard InChI is InChI=1S/C21H23N3O4/c1-13-11-17(14(2)27-13)21-24-23-20(28-21)8-7-19(25)22-12-18-16-6-4-3-5-15(16)9-10-26-18/h3-6,11,18,24H,2,7-10,12H2,1H3,(H,22,25). The van der Waals surface area contributed by atoms with Gasteiger partial charge in [0.2, 0.25) is 17.7 Å². The van der Waals surface area contributed by atoms with Gasteiger partial charge in [0.25, 0.3) is 0 Å². The summed E-state index contributed by atoms with van der Waals surface area (Å²) in [6.07, 6.45) is 1.49.